The zero-order valence-corrected chi connectivity index (χ0v) is 18.2. The van der Waals surface area contributed by atoms with Crippen LogP contribution < -0.4 is 20.1 Å². The molecule has 0 bridgehead atoms. The van der Waals surface area contributed by atoms with Gasteiger partial charge in [0.1, 0.15) is 0 Å². The van der Waals surface area contributed by atoms with Crippen LogP contribution in [0.2, 0.25) is 0 Å². The molecule has 0 saturated heterocycles. The highest BCUT2D eigenvalue weighted by molar-refractivity contribution is 14.0. The summed E-state index contributed by atoms with van der Waals surface area (Å²) in [6.07, 6.45) is 0. The zero-order valence-electron chi connectivity index (χ0n) is 15.1. The maximum absolute atomic E-state index is 5.34. The van der Waals surface area contributed by atoms with E-state index in [9.17, 15) is 0 Å². The Morgan fingerprint density at radius 1 is 1.12 bits per heavy atom. The van der Waals surface area contributed by atoms with E-state index in [-0.39, 0.29) is 24.0 Å². The summed E-state index contributed by atoms with van der Waals surface area (Å²) in [4.78, 5) is 5.97. The number of guanidine groups is 1. The molecule has 0 amide bonds. The summed E-state index contributed by atoms with van der Waals surface area (Å²) < 4.78 is 10.6. The second-order valence-corrected chi connectivity index (χ2v) is 6.27. The molecule has 25 heavy (non-hydrogen) atoms. The van der Waals surface area contributed by atoms with Crippen LogP contribution >= 0.6 is 35.3 Å². The van der Waals surface area contributed by atoms with Gasteiger partial charge in [-0.25, -0.2) is 4.99 Å². The average molecular weight is 475 g/mol. The SMILES string of the molecule is CCNC(=NCc1ccc(OC)c(OC)c1)NCc1sccc1C.I. The molecule has 0 aliphatic rings. The smallest absolute Gasteiger partial charge is 0.191 e. The van der Waals surface area contributed by atoms with Gasteiger partial charge in [-0.15, -0.1) is 35.3 Å². The number of rotatable bonds is 7. The van der Waals surface area contributed by atoms with E-state index in [2.05, 4.69) is 40.9 Å². The highest BCUT2D eigenvalue weighted by Gasteiger charge is 2.05. The van der Waals surface area contributed by atoms with Crippen molar-refractivity contribution >= 4 is 41.3 Å². The van der Waals surface area contributed by atoms with Crippen LogP contribution in [0.4, 0.5) is 0 Å². The van der Waals surface area contributed by atoms with Crippen molar-refractivity contribution in [1.82, 2.24) is 10.6 Å². The Labute approximate surface area is 170 Å². The Balaban J connectivity index is 0.00000312. The largest absolute Gasteiger partial charge is 0.493 e. The molecule has 0 saturated carbocycles. The van der Waals surface area contributed by atoms with E-state index in [1.807, 2.05) is 18.2 Å². The standard InChI is InChI=1S/C18H25N3O2S.HI/c1-5-19-18(21-12-17-13(2)8-9-24-17)20-11-14-6-7-15(22-3)16(10-14)23-4;/h6-10H,5,11-12H2,1-4H3,(H2,19,20,21);1H. The predicted molar refractivity (Wildman–Crippen MR) is 116 cm³/mol. The molecule has 0 atom stereocenters. The number of thiophene rings is 1. The maximum Gasteiger partial charge on any atom is 0.191 e. The second kappa shape index (κ2) is 11.2. The topological polar surface area (TPSA) is 54.9 Å². The van der Waals surface area contributed by atoms with Gasteiger partial charge in [-0.1, -0.05) is 6.07 Å². The number of hydrogen-bond donors (Lipinski definition) is 2. The van der Waals surface area contributed by atoms with Gasteiger partial charge in [-0.3, -0.25) is 0 Å². The summed E-state index contributed by atoms with van der Waals surface area (Å²) in [5.74, 6) is 2.25. The lowest BCUT2D eigenvalue weighted by molar-refractivity contribution is 0.354. The van der Waals surface area contributed by atoms with Gasteiger partial charge in [-0.05, 0) is 48.6 Å². The molecule has 2 aromatic rings. The number of aryl methyl sites for hydroxylation is 1. The monoisotopic (exact) mass is 475 g/mol. The van der Waals surface area contributed by atoms with Crippen molar-refractivity contribution in [1.29, 1.82) is 0 Å². The number of nitrogens with zero attached hydrogens (tertiary/aromatic N) is 1. The van der Waals surface area contributed by atoms with Crippen LogP contribution in [0.25, 0.3) is 0 Å². The molecular weight excluding hydrogens is 449 g/mol. The predicted octanol–water partition coefficient (Wildman–Crippen LogP) is 3.95. The molecule has 2 N–H and O–H groups in total. The van der Waals surface area contributed by atoms with E-state index in [0.717, 1.165) is 36.1 Å². The highest BCUT2D eigenvalue weighted by Crippen LogP contribution is 2.27. The number of benzene rings is 1. The number of ether oxygens (including phenoxy) is 2. The minimum absolute atomic E-state index is 0. The molecule has 5 nitrogen and oxygen atoms in total. The van der Waals surface area contributed by atoms with Gasteiger partial charge in [-0.2, -0.15) is 0 Å². The zero-order chi connectivity index (χ0) is 17.4. The first-order chi connectivity index (χ1) is 11.7. The van der Waals surface area contributed by atoms with Gasteiger partial charge < -0.3 is 20.1 Å². The summed E-state index contributed by atoms with van der Waals surface area (Å²) in [5, 5.41) is 8.76. The molecule has 1 aromatic carbocycles. The third-order valence-corrected chi connectivity index (χ3v) is 4.62. The fraction of sp³-hybridized carbons (Fsp3) is 0.389. The maximum atomic E-state index is 5.34. The second-order valence-electron chi connectivity index (χ2n) is 5.26. The van der Waals surface area contributed by atoms with Gasteiger partial charge in [0.2, 0.25) is 0 Å². The van der Waals surface area contributed by atoms with E-state index in [1.54, 1.807) is 25.6 Å². The van der Waals surface area contributed by atoms with Gasteiger partial charge in [0, 0.05) is 11.4 Å². The molecule has 0 aliphatic heterocycles. The van der Waals surface area contributed by atoms with Gasteiger partial charge >= 0.3 is 0 Å². The lowest BCUT2D eigenvalue weighted by Crippen LogP contribution is -2.36. The molecule has 2 rings (SSSR count). The van der Waals surface area contributed by atoms with Gasteiger partial charge in [0.05, 0.1) is 27.3 Å². The van der Waals surface area contributed by atoms with Crippen molar-refractivity contribution in [3.05, 3.63) is 45.6 Å². The third kappa shape index (κ3) is 6.39. The van der Waals surface area contributed by atoms with Crippen molar-refractivity contribution in [3.63, 3.8) is 0 Å². The molecule has 1 aromatic heterocycles. The van der Waals surface area contributed by atoms with Crippen LogP contribution in [-0.2, 0) is 13.1 Å². The molecular formula is C18H26IN3O2S. The fourth-order valence-corrected chi connectivity index (χ4v) is 3.09. The lowest BCUT2D eigenvalue weighted by atomic mass is 10.2. The first-order valence-electron chi connectivity index (χ1n) is 7.94. The summed E-state index contributed by atoms with van der Waals surface area (Å²) in [6.45, 7) is 6.35. The van der Waals surface area contributed by atoms with E-state index in [1.165, 1.54) is 10.4 Å². The first kappa shape index (κ1) is 21.6. The van der Waals surface area contributed by atoms with Crippen molar-refractivity contribution in [2.45, 2.75) is 26.9 Å². The number of halogens is 1. The van der Waals surface area contributed by atoms with Crippen molar-refractivity contribution in [2.24, 2.45) is 4.99 Å². The van der Waals surface area contributed by atoms with Crippen LogP contribution in [0.15, 0.2) is 34.6 Å². The Bertz CT molecular complexity index is 689. The highest BCUT2D eigenvalue weighted by atomic mass is 127. The lowest BCUT2D eigenvalue weighted by Gasteiger charge is -2.12. The molecule has 1 heterocycles. The molecule has 0 radical (unpaired) electrons. The molecule has 7 heteroatoms. The van der Waals surface area contributed by atoms with Crippen LogP contribution in [0.5, 0.6) is 11.5 Å². The number of aliphatic imine (C=N–C) groups is 1. The van der Waals surface area contributed by atoms with Gasteiger partial charge in [0.15, 0.2) is 17.5 Å². The molecule has 0 unspecified atom stereocenters. The Kier molecular flexibility index (Phi) is 9.66. The van der Waals surface area contributed by atoms with E-state index < -0.39 is 0 Å². The van der Waals surface area contributed by atoms with Crippen molar-refractivity contribution in [2.75, 3.05) is 20.8 Å². The minimum atomic E-state index is 0. The fourth-order valence-electron chi connectivity index (χ4n) is 2.24. The van der Waals surface area contributed by atoms with Crippen LogP contribution in [0.1, 0.15) is 22.9 Å². The Hall–Kier alpha value is -1.48. The van der Waals surface area contributed by atoms with Crippen molar-refractivity contribution in [3.8, 4) is 11.5 Å². The summed E-state index contributed by atoms with van der Waals surface area (Å²) in [5.41, 5.74) is 2.38. The summed E-state index contributed by atoms with van der Waals surface area (Å²) in [6, 6.07) is 7.99. The molecule has 0 aliphatic carbocycles. The molecule has 0 fully saturated rings. The van der Waals surface area contributed by atoms with Gasteiger partial charge in [0.25, 0.3) is 0 Å². The van der Waals surface area contributed by atoms with Crippen molar-refractivity contribution < 1.29 is 9.47 Å². The quantitative estimate of drug-likeness (QED) is 0.362. The minimum Gasteiger partial charge on any atom is -0.493 e. The van der Waals surface area contributed by atoms with Crippen LogP contribution in [-0.4, -0.2) is 26.7 Å². The Morgan fingerprint density at radius 3 is 2.48 bits per heavy atom. The Morgan fingerprint density at radius 2 is 1.88 bits per heavy atom. The number of nitrogens with one attached hydrogen (secondary N) is 2. The summed E-state index contributed by atoms with van der Waals surface area (Å²) in [7, 11) is 3.27. The van der Waals surface area contributed by atoms with Crippen LogP contribution in [0, 0.1) is 6.92 Å². The van der Waals surface area contributed by atoms with E-state index >= 15 is 0 Å². The molecule has 138 valence electrons. The van der Waals surface area contributed by atoms with E-state index in [4.69, 9.17) is 9.47 Å². The van der Waals surface area contributed by atoms with E-state index in [0.29, 0.717) is 6.54 Å². The molecule has 0 spiro atoms. The van der Waals surface area contributed by atoms with Crippen LogP contribution in [0.3, 0.4) is 0 Å². The normalized spacial score (nSPS) is 10.8. The number of methoxy groups -OCH3 is 2. The average Bonchev–Trinajstić information content (AvgIpc) is 3.02. The third-order valence-electron chi connectivity index (χ3n) is 3.60. The first-order valence-corrected chi connectivity index (χ1v) is 8.82. The number of hydrogen-bond acceptors (Lipinski definition) is 4. The summed E-state index contributed by atoms with van der Waals surface area (Å²) >= 11 is 1.76.